The van der Waals surface area contributed by atoms with E-state index in [2.05, 4.69) is 20.9 Å². The minimum Gasteiger partial charge on any atom is -0.490 e. The SMILES string of the molecule is CCOc1cc(Br)c(/C=C2\SC(=Nc3cccc(C(=O)O)c3)N(CC)C2=O)cc1OCC. The summed E-state index contributed by atoms with van der Waals surface area (Å²) in [5.74, 6) is 0.0427. The molecular formula is C23H23BrN2O5S. The summed E-state index contributed by atoms with van der Waals surface area (Å²) in [6, 6.07) is 9.98. The fourth-order valence-electron chi connectivity index (χ4n) is 3.03. The molecule has 168 valence electrons. The Balaban J connectivity index is 1.97. The number of rotatable bonds is 8. The highest BCUT2D eigenvalue weighted by atomic mass is 79.9. The molecule has 7 nitrogen and oxygen atoms in total. The Morgan fingerprint density at radius 3 is 2.47 bits per heavy atom. The number of likely N-dealkylation sites (N-methyl/N-ethyl adjacent to an activating group) is 1. The Hall–Kier alpha value is -2.78. The van der Waals surface area contributed by atoms with Crippen LogP contribution in [0.25, 0.3) is 6.08 Å². The quantitative estimate of drug-likeness (QED) is 0.459. The van der Waals surface area contributed by atoms with Crippen molar-refractivity contribution in [3.05, 3.63) is 56.9 Å². The number of thioether (sulfide) groups is 1. The van der Waals surface area contributed by atoms with Crippen molar-refractivity contribution < 1.29 is 24.2 Å². The average Bonchev–Trinajstić information content (AvgIpc) is 3.05. The summed E-state index contributed by atoms with van der Waals surface area (Å²) in [6.07, 6.45) is 1.79. The highest BCUT2D eigenvalue weighted by molar-refractivity contribution is 9.10. The van der Waals surface area contributed by atoms with Gasteiger partial charge in [-0.25, -0.2) is 9.79 Å². The van der Waals surface area contributed by atoms with Crippen LogP contribution in [0.1, 0.15) is 36.7 Å². The highest BCUT2D eigenvalue weighted by Crippen LogP contribution is 2.38. The van der Waals surface area contributed by atoms with Crippen molar-refractivity contribution in [2.45, 2.75) is 20.8 Å². The number of carbonyl (C=O) groups excluding carboxylic acids is 1. The number of amidine groups is 1. The predicted molar refractivity (Wildman–Crippen MR) is 130 cm³/mol. The molecule has 0 radical (unpaired) electrons. The second-order valence-electron chi connectivity index (χ2n) is 6.60. The van der Waals surface area contributed by atoms with Gasteiger partial charge in [-0.2, -0.15) is 0 Å². The predicted octanol–water partition coefficient (Wildman–Crippen LogP) is 5.57. The molecule has 3 rings (SSSR count). The maximum atomic E-state index is 13.0. The first kappa shape index (κ1) is 23.9. The van der Waals surface area contributed by atoms with Gasteiger partial charge >= 0.3 is 5.97 Å². The standard InChI is InChI=1S/C23H23BrN2O5S/c1-4-26-21(27)20(32-23(26)25-16-9-7-8-14(10-16)22(28)29)12-15-11-18(30-5-2)19(31-6-3)13-17(15)24/h7-13H,4-6H2,1-3H3,(H,28,29)/b20-12-,25-23?. The number of benzene rings is 2. The molecule has 2 aromatic rings. The van der Waals surface area contributed by atoms with Gasteiger partial charge in [-0.05, 0) is 74.5 Å². The lowest BCUT2D eigenvalue weighted by Gasteiger charge is -2.13. The summed E-state index contributed by atoms with van der Waals surface area (Å²) in [6.45, 7) is 7.10. The molecule has 1 amide bonds. The van der Waals surface area contributed by atoms with E-state index in [1.807, 2.05) is 32.9 Å². The van der Waals surface area contributed by atoms with Gasteiger partial charge < -0.3 is 14.6 Å². The van der Waals surface area contributed by atoms with Crippen LogP contribution in [-0.2, 0) is 4.79 Å². The molecule has 0 spiro atoms. The molecule has 1 saturated heterocycles. The molecule has 0 aromatic heterocycles. The molecule has 1 aliphatic rings. The zero-order valence-electron chi connectivity index (χ0n) is 17.9. The third-order valence-corrected chi connectivity index (χ3v) is 6.16. The van der Waals surface area contributed by atoms with Crippen LogP contribution < -0.4 is 9.47 Å². The van der Waals surface area contributed by atoms with Gasteiger partial charge in [0.2, 0.25) is 0 Å². The first-order chi connectivity index (χ1) is 15.4. The van der Waals surface area contributed by atoms with Crippen molar-refractivity contribution in [3.63, 3.8) is 0 Å². The van der Waals surface area contributed by atoms with Crippen molar-refractivity contribution in [1.82, 2.24) is 4.90 Å². The fourth-order valence-corrected chi connectivity index (χ4v) is 4.52. The minimum absolute atomic E-state index is 0.141. The van der Waals surface area contributed by atoms with Gasteiger partial charge in [0.25, 0.3) is 5.91 Å². The van der Waals surface area contributed by atoms with E-state index < -0.39 is 5.97 Å². The molecule has 1 heterocycles. The summed E-state index contributed by atoms with van der Waals surface area (Å²) in [7, 11) is 0. The van der Waals surface area contributed by atoms with Crippen LogP contribution in [0, 0.1) is 0 Å². The number of hydrogen-bond donors (Lipinski definition) is 1. The third-order valence-electron chi connectivity index (χ3n) is 4.47. The second-order valence-corrected chi connectivity index (χ2v) is 8.46. The van der Waals surface area contributed by atoms with Gasteiger partial charge in [0.05, 0.1) is 29.4 Å². The summed E-state index contributed by atoms with van der Waals surface area (Å²) in [5, 5.41) is 9.70. The van der Waals surface area contributed by atoms with Crippen LogP contribution in [0.2, 0.25) is 0 Å². The normalized spacial score (nSPS) is 16.1. The number of nitrogens with zero attached hydrogens (tertiary/aromatic N) is 2. The minimum atomic E-state index is -1.03. The molecule has 0 unspecified atom stereocenters. The zero-order valence-corrected chi connectivity index (χ0v) is 20.3. The second kappa shape index (κ2) is 10.7. The molecule has 9 heteroatoms. The molecule has 32 heavy (non-hydrogen) atoms. The summed E-state index contributed by atoms with van der Waals surface area (Å²) >= 11 is 4.80. The fraction of sp³-hybridized carbons (Fsp3) is 0.261. The van der Waals surface area contributed by atoms with E-state index in [4.69, 9.17) is 9.47 Å². The van der Waals surface area contributed by atoms with E-state index in [9.17, 15) is 14.7 Å². The molecule has 1 aliphatic heterocycles. The van der Waals surface area contributed by atoms with Gasteiger partial charge in [0, 0.05) is 11.0 Å². The number of aromatic carboxylic acids is 1. The molecular weight excluding hydrogens is 496 g/mol. The lowest BCUT2D eigenvalue weighted by Crippen LogP contribution is -2.28. The van der Waals surface area contributed by atoms with E-state index >= 15 is 0 Å². The Bertz CT molecular complexity index is 1100. The third kappa shape index (κ3) is 5.34. The number of hydrogen-bond acceptors (Lipinski definition) is 6. The summed E-state index contributed by atoms with van der Waals surface area (Å²) < 4.78 is 12.1. The van der Waals surface area contributed by atoms with Crippen LogP contribution in [0.5, 0.6) is 11.5 Å². The van der Waals surface area contributed by atoms with E-state index in [-0.39, 0.29) is 11.5 Å². The first-order valence-corrected chi connectivity index (χ1v) is 11.7. The monoisotopic (exact) mass is 518 g/mol. The Morgan fingerprint density at radius 2 is 1.84 bits per heavy atom. The molecule has 1 fully saturated rings. The molecule has 0 atom stereocenters. The van der Waals surface area contributed by atoms with Crippen LogP contribution in [0.3, 0.4) is 0 Å². The topological polar surface area (TPSA) is 88.4 Å². The van der Waals surface area contributed by atoms with E-state index in [0.717, 1.165) is 10.0 Å². The molecule has 0 aliphatic carbocycles. The number of aliphatic imine (C=N–C) groups is 1. The van der Waals surface area contributed by atoms with Crippen molar-refractivity contribution in [1.29, 1.82) is 0 Å². The Labute approximate surface area is 199 Å². The Morgan fingerprint density at radius 1 is 1.16 bits per heavy atom. The smallest absolute Gasteiger partial charge is 0.335 e. The number of carbonyl (C=O) groups is 2. The van der Waals surface area contributed by atoms with Gasteiger partial charge in [0.15, 0.2) is 16.7 Å². The number of carboxylic acid groups (broad SMARTS) is 1. The summed E-state index contributed by atoms with van der Waals surface area (Å²) in [5.41, 5.74) is 1.39. The number of halogens is 1. The molecule has 0 bridgehead atoms. The molecule has 0 saturated carbocycles. The maximum Gasteiger partial charge on any atom is 0.335 e. The number of amides is 1. The van der Waals surface area contributed by atoms with Gasteiger partial charge in [-0.15, -0.1) is 0 Å². The largest absolute Gasteiger partial charge is 0.490 e. The summed E-state index contributed by atoms with van der Waals surface area (Å²) in [4.78, 5) is 30.8. The van der Waals surface area contributed by atoms with Crippen LogP contribution in [-0.4, -0.2) is 46.8 Å². The maximum absolute atomic E-state index is 13.0. The average molecular weight is 519 g/mol. The zero-order chi connectivity index (χ0) is 23.3. The number of ether oxygens (including phenoxy) is 2. The Kier molecular flexibility index (Phi) is 7.98. The lowest BCUT2D eigenvalue weighted by molar-refractivity contribution is -0.122. The van der Waals surface area contributed by atoms with E-state index in [1.54, 1.807) is 23.1 Å². The van der Waals surface area contributed by atoms with Gasteiger partial charge in [-0.1, -0.05) is 22.0 Å². The number of carboxylic acids is 1. The lowest BCUT2D eigenvalue weighted by atomic mass is 10.2. The van der Waals surface area contributed by atoms with Crippen LogP contribution in [0.4, 0.5) is 5.69 Å². The van der Waals surface area contributed by atoms with Crippen molar-refractivity contribution >= 4 is 56.5 Å². The van der Waals surface area contributed by atoms with Crippen LogP contribution >= 0.6 is 27.7 Å². The molecule has 1 N–H and O–H groups in total. The van der Waals surface area contributed by atoms with E-state index in [1.165, 1.54) is 23.9 Å². The van der Waals surface area contributed by atoms with E-state index in [0.29, 0.717) is 47.0 Å². The van der Waals surface area contributed by atoms with Crippen molar-refractivity contribution in [2.24, 2.45) is 4.99 Å². The highest BCUT2D eigenvalue weighted by Gasteiger charge is 2.32. The van der Waals surface area contributed by atoms with Crippen molar-refractivity contribution in [2.75, 3.05) is 19.8 Å². The van der Waals surface area contributed by atoms with Gasteiger partial charge in [-0.3, -0.25) is 9.69 Å². The van der Waals surface area contributed by atoms with Crippen molar-refractivity contribution in [3.8, 4) is 11.5 Å². The van der Waals surface area contributed by atoms with Crippen LogP contribution in [0.15, 0.2) is 50.8 Å². The van der Waals surface area contributed by atoms with Gasteiger partial charge in [0.1, 0.15) is 0 Å². The first-order valence-electron chi connectivity index (χ1n) is 10.1. The molecule has 2 aromatic carbocycles.